The van der Waals surface area contributed by atoms with Crippen molar-refractivity contribution in [2.75, 3.05) is 0 Å². The van der Waals surface area contributed by atoms with Crippen LogP contribution in [-0.2, 0) is 4.43 Å². The Bertz CT molecular complexity index is 208. The fourth-order valence-electron chi connectivity index (χ4n) is 2.93. The van der Waals surface area contributed by atoms with E-state index in [0.717, 1.165) is 0 Å². The Morgan fingerprint density at radius 1 is 0.750 bits per heavy atom. The number of hydrogen-bond acceptors (Lipinski definition) is 1. The van der Waals surface area contributed by atoms with Crippen molar-refractivity contribution in [1.82, 2.24) is 0 Å². The Morgan fingerprint density at radius 3 is 1.25 bits per heavy atom. The Balaban J connectivity index is 4.94. The summed E-state index contributed by atoms with van der Waals surface area (Å²) in [7, 11) is -3.71. The summed E-state index contributed by atoms with van der Waals surface area (Å²) in [6, 6.07) is 0. The predicted octanol–water partition coefficient (Wildman–Crippen LogP) is 4.09. The molecule has 0 amide bonds. The Labute approximate surface area is 107 Å². The lowest BCUT2D eigenvalue weighted by atomic mass is 10.9. The van der Waals surface area contributed by atoms with Crippen molar-refractivity contribution in [2.24, 2.45) is 0 Å². The first-order valence-electron chi connectivity index (χ1n) is 6.31. The SMILES string of the molecule is CC(O[Si](C)(C)C)[Si]([Si](C)(C)C)[Si](C)(C)C. The molecular weight excluding hydrogens is 260 g/mol. The van der Waals surface area contributed by atoms with Gasteiger partial charge in [-0.25, -0.2) is 0 Å². The molecule has 0 aliphatic carbocycles. The van der Waals surface area contributed by atoms with Crippen molar-refractivity contribution in [3.05, 3.63) is 0 Å². The standard InChI is InChI=1S/C11H31OSi4/c1-11(12-14(2,3)4)13(15(5,6)7)16(8,9)10/h11H,1-10H3. The zero-order valence-electron chi connectivity index (χ0n) is 13.0. The average Bonchev–Trinajstić information content (AvgIpc) is 1.70. The van der Waals surface area contributed by atoms with Gasteiger partial charge in [0.1, 0.15) is 0 Å². The summed E-state index contributed by atoms with van der Waals surface area (Å²) in [6.07, 6.45) is 0. The lowest BCUT2D eigenvalue weighted by Crippen LogP contribution is -2.66. The monoisotopic (exact) mass is 291 g/mol. The molecule has 1 atom stereocenters. The molecule has 0 fully saturated rings. The van der Waals surface area contributed by atoms with Gasteiger partial charge >= 0.3 is 0 Å². The zero-order chi connectivity index (χ0) is 13.4. The highest BCUT2D eigenvalue weighted by Gasteiger charge is 2.44. The quantitative estimate of drug-likeness (QED) is 0.693. The van der Waals surface area contributed by atoms with Crippen molar-refractivity contribution < 1.29 is 4.43 Å². The highest BCUT2D eigenvalue weighted by molar-refractivity contribution is 7.60. The minimum atomic E-state index is -1.37. The minimum absolute atomic E-state index is 0.296. The lowest BCUT2D eigenvalue weighted by molar-refractivity contribution is 0.290. The summed E-state index contributed by atoms with van der Waals surface area (Å²) >= 11 is 0. The van der Waals surface area contributed by atoms with Gasteiger partial charge in [-0.3, -0.25) is 0 Å². The van der Waals surface area contributed by atoms with Gasteiger partial charge in [-0.05, 0) is 26.6 Å². The molecule has 0 aromatic carbocycles. The highest BCUT2D eigenvalue weighted by atomic mass is 29.6. The van der Waals surface area contributed by atoms with E-state index in [1.165, 1.54) is 0 Å². The smallest absolute Gasteiger partial charge is 0.183 e. The molecule has 0 aliphatic rings. The zero-order valence-corrected chi connectivity index (χ0v) is 17.0. The number of rotatable bonds is 5. The van der Waals surface area contributed by atoms with Crippen LogP contribution in [0.15, 0.2) is 0 Å². The van der Waals surface area contributed by atoms with E-state index in [2.05, 4.69) is 65.8 Å². The molecular formula is C11H31OSi4. The average molecular weight is 292 g/mol. The normalized spacial score (nSPS) is 16.7. The van der Waals surface area contributed by atoms with Gasteiger partial charge in [-0.1, -0.05) is 39.3 Å². The Morgan fingerprint density at radius 2 is 1.06 bits per heavy atom. The summed E-state index contributed by atoms with van der Waals surface area (Å²) in [5, 5.41) is 0. The first-order valence-corrected chi connectivity index (χ1v) is 20.3. The topological polar surface area (TPSA) is 9.23 Å². The van der Waals surface area contributed by atoms with Gasteiger partial charge in [0.25, 0.3) is 0 Å². The molecule has 0 heterocycles. The summed E-state index contributed by atoms with van der Waals surface area (Å²) < 4.78 is 6.41. The predicted molar refractivity (Wildman–Crippen MR) is 86.3 cm³/mol. The van der Waals surface area contributed by atoms with E-state index in [-0.39, 0.29) is 7.83 Å². The van der Waals surface area contributed by atoms with Crippen molar-refractivity contribution in [2.45, 2.75) is 71.6 Å². The highest BCUT2D eigenvalue weighted by Crippen LogP contribution is 2.24. The van der Waals surface area contributed by atoms with E-state index < -0.39 is 23.5 Å². The van der Waals surface area contributed by atoms with Crippen LogP contribution in [0.3, 0.4) is 0 Å². The third-order valence-electron chi connectivity index (χ3n) is 2.55. The third kappa shape index (κ3) is 5.95. The van der Waals surface area contributed by atoms with E-state index in [9.17, 15) is 0 Å². The van der Waals surface area contributed by atoms with Crippen LogP contribution in [0.1, 0.15) is 6.92 Å². The van der Waals surface area contributed by atoms with Crippen LogP contribution < -0.4 is 0 Å². The van der Waals surface area contributed by atoms with Crippen molar-refractivity contribution in [3.8, 4) is 0 Å². The van der Waals surface area contributed by atoms with E-state index >= 15 is 0 Å². The van der Waals surface area contributed by atoms with Gasteiger partial charge < -0.3 is 4.43 Å². The molecule has 0 aromatic heterocycles. The third-order valence-corrected chi connectivity index (χ3v) is 33.6. The second kappa shape index (κ2) is 5.22. The molecule has 5 heteroatoms. The molecule has 1 nitrogen and oxygen atoms in total. The molecule has 0 bridgehead atoms. The van der Waals surface area contributed by atoms with Gasteiger partial charge in [0.2, 0.25) is 0 Å². The minimum Gasteiger partial charge on any atom is -0.419 e. The second-order valence-electron chi connectivity index (χ2n) is 7.79. The molecule has 16 heavy (non-hydrogen) atoms. The van der Waals surface area contributed by atoms with E-state index in [4.69, 9.17) is 4.43 Å². The maximum Gasteiger partial charge on any atom is 0.183 e. The largest absolute Gasteiger partial charge is 0.419 e. The molecule has 0 aromatic rings. The van der Waals surface area contributed by atoms with E-state index in [1.807, 2.05) is 0 Å². The lowest BCUT2D eigenvalue weighted by Gasteiger charge is -2.42. The summed E-state index contributed by atoms with van der Waals surface area (Å²) in [5.41, 5.74) is 0.565. The van der Waals surface area contributed by atoms with Crippen LogP contribution in [0.2, 0.25) is 58.9 Å². The Hall–Kier alpha value is 0.828. The molecule has 0 aliphatic heterocycles. The fraction of sp³-hybridized carbons (Fsp3) is 1.00. The van der Waals surface area contributed by atoms with Crippen LogP contribution in [0.25, 0.3) is 0 Å². The first-order chi connectivity index (χ1) is 6.75. The maximum atomic E-state index is 6.41. The molecule has 97 valence electrons. The molecule has 1 radical (unpaired) electrons. The molecule has 0 saturated carbocycles. The van der Waals surface area contributed by atoms with Gasteiger partial charge in [-0.15, -0.1) is 0 Å². The molecule has 0 spiro atoms. The van der Waals surface area contributed by atoms with Crippen molar-refractivity contribution >= 4 is 31.3 Å². The number of hydrogen-bond donors (Lipinski definition) is 0. The van der Waals surface area contributed by atoms with E-state index in [0.29, 0.717) is 5.73 Å². The molecule has 1 unspecified atom stereocenters. The van der Waals surface area contributed by atoms with Gasteiger partial charge in [0.15, 0.2) is 8.32 Å². The van der Waals surface area contributed by atoms with Crippen LogP contribution in [0, 0.1) is 0 Å². The molecule has 0 saturated heterocycles. The second-order valence-corrected chi connectivity index (χ2v) is 36.6. The maximum absolute atomic E-state index is 6.41. The van der Waals surface area contributed by atoms with Gasteiger partial charge in [0.05, 0.1) is 7.83 Å². The summed E-state index contributed by atoms with van der Waals surface area (Å²) in [4.78, 5) is 0. The van der Waals surface area contributed by atoms with E-state index in [1.54, 1.807) is 0 Å². The van der Waals surface area contributed by atoms with Gasteiger partial charge in [0, 0.05) is 20.9 Å². The van der Waals surface area contributed by atoms with Gasteiger partial charge in [-0.2, -0.15) is 0 Å². The van der Waals surface area contributed by atoms with Crippen molar-refractivity contribution in [3.63, 3.8) is 0 Å². The van der Waals surface area contributed by atoms with Crippen LogP contribution in [0.4, 0.5) is 0 Å². The molecule has 0 rings (SSSR count). The first kappa shape index (κ1) is 16.8. The summed E-state index contributed by atoms with van der Waals surface area (Å²) in [6.45, 7) is 24.6. The van der Waals surface area contributed by atoms with Crippen LogP contribution in [-0.4, -0.2) is 37.1 Å². The molecule has 0 N–H and O–H groups in total. The fourth-order valence-corrected chi connectivity index (χ4v) is 45.6. The summed E-state index contributed by atoms with van der Waals surface area (Å²) in [5.74, 6) is 0. The van der Waals surface area contributed by atoms with Crippen LogP contribution in [0.5, 0.6) is 0 Å². The van der Waals surface area contributed by atoms with Crippen LogP contribution >= 0.6 is 0 Å². The Kier molecular flexibility index (Phi) is 5.49. The van der Waals surface area contributed by atoms with Crippen molar-refractivity contribution in [1.29, 1.82) is 0 Å².